The molecule has 3 aromatic heterocycles. The zero-order chi connectivity index (χ0) is 24.1. The third-order valence-electron chi connectivity index (χ3n) is 5.35. The lowest BCUT2D eigenvalue weighted by molar-refractivity contribution is -0.0500. The molecule has 9 nitrogen and oxygen atoms in total. The number of aromatic nitrogens is 4. The number of hydrogen-bond donors (Lipinski definition) is 1. The summed E-state index contributed by atoms with van der Waals surface area (Å²) in [4.78, 5) is 21.2. The van der Waals surface area contributed by atoms with E-state index in [2.05, 4.69) is 25.1 Å². The molecule has 1 aliphatic heterocycles. The highest BCUT2D eigenvalue weighted by Crippen LogP contribution is 2.33. The maximum absolute atomic E-state index is 12.8. The summed E-state index contributed by atoms with van der Waals surface area (Å²) in [5.41, 5.74) is 1.44. The van der Waals surface area contributed by atoms with Gasteiger partial charge in [-0.3, -0.25) is 19.4 Å². The highest BCUT2D eigenvalue weighted by Gasteiger charge is 2.46. The molecule has 1 N–H and O–H groups in total. The van der Waals surface area contributed by atoms with E-state index in [0.717, 1.165) is 0 Å². The molecule has 12 heteroatoms. The van der Waals surface area contributed by atoms with Gasteiger partial charge in [0, 0.05) is 28.9 Å². The third kappa shape index (κ3) is 4.52. The molecule has 1 saturated heterocycles. The number of sulfone groups is 1. The minimum Gasteiger partial charge on any atom is -0.433 e. The summed E-state index contributed by atoms with van der Waals surface area (Å²) in [5.74, 6) is -0.820. The SMILES string of the molecule is Cc1ncc(OC(F)F)cc1-c1nn(C(C)C)c2cc(C(=O)NC3(C)CS(=O)(=O)C3)ncc12. The van der Waals surface area contributed by atoms with Gasteiger partial charge in [0.25, 0.3) is 5.91 Å². The molecule has 0 bridgehead atoms. The summed E-state index contributed by atoms with van der Waals surface area (Å²) in [6.07, 6.45) is 2.71. The fraction of sp³-hybridized carbons (Fsp3) is 0.429. The second-order valence-electron chi connectivity index (χ2n) is 8.70. The van der Waals surface area contributed by atoms with Crippen LogP contribution in [0.5, 0.6) is 5.75 Å². The molecule has 1 amide bonds. The van der Waals surface area contributed by atoms with Crippen molar-refractivity contribution < 1.29 is 26.7 Å². The molecule has 3 aromatic rings. The molecule has 0 aromatic carbocycles. The van der Waals surface area contributed by atoms with Gasteiger partial charge in [-0.15, -0.1) is 0 Å². The fourth-order valence-corrected chi connectivity index (χ4v) is 6.01. The molecule has 0 radical (unpaired) electrons. The van der Waals surface area contributed by atoms with E-state index in [4.69, 9.17) is 0 Å². The maximum atomic E-state index is 12.8. The largest absolute Gasteiger partial charge is 0.433 e. The van der Waals surface area contributed by atoms with Crippen LogP contribution in [-0.4, -0.2) is 57.7 Å². The molecule has 0 saturated carbocycles. The van der Waals surface area contributed by atoms with Crippen LogP contribution < -0.4 is 10.1 Å². The molecule has 176 valence electrons. The van der Waals surface area contributed by atoms with Gasteiger partial charge in [-0.25, -0.2) is 8.42 Å². The Balaban J connectivity index is 1.75. The number of pyridine rings is 2. The van der Waals surface area contributed by atoms with E-state index in [1.807, 2.05) is 13.8 Å². The molecule has 1 fully saturated rings. The van der Waals surface area contributed by atoms with Gasteiger partial charge in [0.2, 0.25) is 0 Å². The zero-order valence-electron chi connectivity index (χ0n) is 18.5. The van der Waals surface area contributed by atoms with Crippen molar-refractivity contribution in [1.82, 2.24) is 25.1 Å². The average molecular weight is 480 g/mol. The van der Waals surface area contributed by atoms with Crippen molar-refractivity contribution in [2.75, 3.05) is 11.5 Å². The topological polar surface area (TPSA) is 116 Å². The van der Waals surface area contributed by atoms with Gasteiger partial charge < -0.3 is 10.1 Å². The number of nitrogens with zero attached hydrogens (tertiary/aromatic N) is 4. The molecule has 0 aliphatic carbocycles. The molecule has 4 rings (SSSR count). The first-order valence-electron chi connectivity index (χ1n) is 10.2. The highest BCUT2D eigenvalue weighted by molar-refractivity contribution is 7.93. The zero-order valence-corrected chi connectivity index (χ0v) is 19.3. The lowest BCUT2D eigenvalue weighted by Gasteiger charge is -2.38. The number of rotatable bonds is 6. The monoisotopic (exact) mass is 479 g/mol. The number of ether oxygens (including phenoxy) is 1. The van der Waals surface area contributed by atoms with Crippen LogP contribution in [0, 0.1) is 6.92 Å². The Bertz CT molecular complexity index is 1340. The molecular weight excluding hydrogens is 456 g/mol. The maximum Gasteiger partial charge on any atom is 0.387 e. The van der Waals surface area contributed by atoms with Gasteiger partial charge in [-0.2, -0.15) is 13.9 Å². The van der Waals surface area contributed by atoms with E-state index >= 15 is 0 Å². The minimum atomic E-state index is -3.12. The third-order valence-corrected chi connectivity index (χ3v) is 7.50. The van der Waals surface area contributed by atoms with Gasteiger partial charge in [0.05, 0.1) is 28.8 Å². The molecular formula is C21H23F2N5O4S. The van der Waals surface area contributed by atoms with Gasteiger partial charge >= 0.3 is 6.61 Å². The number of carbonyl (C=O) groups is 1. The molecule has 4 heterocycles. The Morgan fingerprint density at radius 2 is 1.91 bits per heavy atom. The Morgan fingerprint density at radius 1 is 1.21 bits per heavy atom. The summed E-state index contributed by atoms with van der Waals surface area (Å²) in [7, 11) is -3.12. The van der Waals surface area contributed by atoms with E-state index in [9.17, 15) is 22.0 Å². The number of carbonyl (C=O) groups excluding carboxylic acids is 1. The van der Waals surface area contributed by atoms with Crippen molar-refractivity contribution in [1.29, 1.82) is 0 Å². The predicted molar refractivity (Wildman–Crippen MR) is 117 cm³/mol. The number of nitrogens with one attached hydrogen (secondary N) is 1. The number of alkyl halides is 2. The van der Waals surface area contributed by atoms with Crippen LogP contribution >= 0.6 is 0 Å². The predicted octanol–water partition coefficient (Wildman–Crippen LogP) is 2.90. The van der Waals surface area contributed by atoms with Crippen molar-refractivity contribution in [2.45, 2.75) is 45.9 Å². The lowest BCUT2D eigenvalue weighted by atomic mass is 10.1. The smallest absolute Gasteiger partial charge is 0.387 e. The normalized spacial score (nSPS) is 16.7. The number of amides is 1. The molecule has 0 spiro atoms. The van der Waals surface area contributed by atoms with Crippen LogP contribution in [0.3, 0.4) is 0 Å². The number of halogens is 2. The Hall–Kier alpha value is -3.15. The summed E-state index contributed by atoms with van der Waals surface area (Å²) >= 11 is 0. The van der Waals surface area contributed by atoms with Crippen LogP contribution in [0.2, 0.25) is 0 Å². The van der Waals surface area contributed by atoms with E-state index in [0.29, 0.717) is 27.9 Å². The fourth-order valence-electron chi connectivity index (χ4n) is 4.01. The highest BCUT2D eigenvalue weighted by atomic mass is 32.2. The summed E-state index contributed by atoms with van der Waals surface area (Å²) in [5, 5.41) is 8.00. The Morgan fingerprint density at radius 3 is 2.52 bits per heavy atom. The average Bonchev–Trinajstić information content (AvgIpc) is 3.06. The Labute approximate surface area is 189 Å². The second-order valence-corrected chi connectivity index (χ2v) is 10.8. The first-order chi connectivity index (χ1) is 15.4. The van der Waals surface area contributed by atoms with E-state index in [-0.39, 0.29) is 29.0 Å². The van der Waals surface area contributed by atoms with Gasteiger partial charge in [0.1, 0.15) is 17.1 Å². The minimum absolute atomic E-state index is 0.0809. The summed E-state index contributed by atoms with van der Waals surface area (Å²) in [6.45, 7) is 4.24. The van der Waals surface area contributed by atoms with Crippen LogP contribution in [-0.2, 0) is 9.84 Å². The van der Waals surface area contributed by atoms with Crippen molar-refractivity contribution in [3.8, 4) is 17.0 Å². The lowest BCUT2D eigenvalue weighted by Crippen LogP contribution is -2.63. The molecule has 0 atom stereocenters. The van der Waals surface area contributed by atoms with E-state index in [1.54, 1.807) is 24.6 Å². The van der Waals surface area contributed by atoms with Crippen LogP contribution in [0.1, 0.15) is 43.0 Å². The second kappa shape index (κ2) is 8.01. The number of fused-ring (bicyclic) bond motifs is 1. The van der Waals surface area contributed by atoms with Crippen molar-refractivity contribution in [3.05, 3.63) is 35.9 Å². The van der Waals surface area contributed by atoms with Crippen molar-refractivity contribution >= 4 is 26.6 Å². The van der Waals surface area contributed by atoms with Crippen molar-refractivity contribution in [3.63, 3.8) is 0 Å². The van der Waals surface area contributed by atoms with Crippen LogP contribution in [0.15, 0.2) is 24.5 Å². The summed E-state index contributed by atoms with van der Waals surface area (Å²) < 4.78 is 54.6. The number of aryl methyl sites for hydroxylation is 1. The van der Waals surface area contributed by atoms with Crippen LogP contribution in [0.4, 0.5) is 8.78 Å². The first-order valence-corrected chi connectivity index (χ1v) is 12.0. The first kappa shape index (κ1) is 23.0. The number of hydrogen-bond acceptors (Lipinski definition) is 7. The van der Waals surface area contributed by atoms with Gasteiger partial charge in [-0.05, 0) is 39.8 Å². The quantitative estimate of drug-likeness (QED) is 0.578. The van der Waals surface area contributed by atoms with Gasteiger partial charge in [-0.1, -0.05) is 0 Å². The molecule has 1 aliphatic rings. The Kier molecular flexibility index (Phi) is 5.59. The molecule has 0 unspecified atom stereocenters. The van der Waals surface area contributed by atoms with Crippen molar-refractivity contribution in [2.24, 2.45) is 0 Å². The van der Waals surface area contributed by atoms with Crippen LogP contribution in [0.25, 0.3) is 22.2 Å². The standard InChI is InChI=1S/C21H23F2N5O4S/c1-11(2)28-17-6-16(19(29)26-21(4)9-33(30,31)10-21)25-8-15(17)18(27-28)14-5-13(32-20(22)23)7-24-12(14)3/h5-8,11,20H,9-10H2,1-4H3,(H,26,29). The van der Waals surface area contributed by atoms with Gasteiger partial charge in [0.15, 0.2) is 9.84 Å². The summed E-state index contributed by atoms with van der Waals surface area (Å²) in [6, 6.07) is 2.95. The molecule has 33 heavy (non-hydrogen) atoms. The van der Waals surface area contributed by atoms with E-state index < -0.39 is 27.9 Å². The van der Waals surface area contributed by atoms with E-state index in [1.165, 1.54) is 18.5 Å².